The quantitative estimate of drug-likeness (QED) is 0.850. The van der Waals surface area contributed by atoms with Crippen molar-refractivity contribution in [2.75, 3.05) is 11.1 Å². The lowest BCUT2D eigenvalue weighted by Gasteiger charge is -2.19. The Morgan fingerprint density at radius 2 is 2.09 bits per heavy atom. The van der Waals surface area contributed by atoms with E-state index in [1.165, 1.54) is 17.3 Å². The van der Waals surface area contributed by atoms with Gasteiger partial charge in [-0.05, 0) is 54.8 Å². The minimum absolute atomic E-state index is 0.0700. The summed E-state index contributed by atoms with van der Waals surface area (Å²) >= 11 is 1.33. The summed E-state index contributed by atoms with van der Waals surface area (Å²) in [5.74, 6) is 0.625. The average Bonchev–Trinajstić information content (AvgIpc) is 2.94. The average molecular weight is 333 g/mol. The van der Waals surface area contributed by atoms with Crippen molar-refractivity contribution in [3.8, 4) is 0 Å². The van der Waals surface area contributed by atoms with Gasteiger partial charge in [0.2, 0.25) is 11.1 Å². The molecule has 0 saturated carbocycles. The highest BCUT2D eigenvalue weighted by Crippen LogP contribution is 2.22. The predicted molar refractivity (Wildman–Crippen MR) is 92.7 cm³/mol. The fraction of sp³-hybridized carbons (Fsp3) is 0.500. The molecular formula is C16H23N5OS. The molecular weight excluding hydrogens is 310 g/mol. The monoisotopic (exact) mass is 333 g/mol. The molecule has 1 aromatic heterocycles. The molecule has 0 spiro atoms. The van der Waals surface area contributed by atoms with Crippen molar-refractivity contribution >= 4 is 23.4 Å². The van der Waals surface area contributed by atoms with Gasteiger partial charge in [0.25, 0.3) is 0 Å². The molecule has 0 radical (unpaired) electrons. The third-order valence-corrected chi connectivity index (χ3v) is 4.17. The second-order valence-corrected chi connectivity index (χ2v) is 7.60. The third-order valence-electron chi connectivity index (χ3n) is 3.25. The number of hydrogen-bond acceptors (Lipinski definition) is 5. The van der Waals surface area contributed by atoms with E-state index in [-0.39, 0.29) is 17.2 Å². The molecule has 0 aliphatic heterocycles. The zero-order valence-electron chi connectivity index (χ0n) is 14.2. The van der Waals surface area contributed by atoms with E-state index in [0.717, 1.165) is 5.69 Å². The summed E-state index contributed by atoms with van der Waals surface area (Å²) in [5.41, 5.74) is 1.80. The van der Waals surface area contributed by atoms with E-state index < -0.39 is 0 Å². The lowest BCUT2D eigenvalue weighted by Crippen LogP contribution is -2.24. The number of carbonyl (C=O) groups is 1. The molecule has 0 bridgehead atoms. The topological polar surface area (TPSA) is 72.7 Å². The van der Waals surface area contributed by atoms with Crippen LogP contribution in [0.15, 0.2) is 29.4 Å². The first-order valence-electron chi connectivity index (χ1n) is 7.59. The lowest BCUT2D eigenvalue weighted by atomic mass is 10.0. The standard InChI is InChI=1S/C16H23N5OS/c1-11(2)12-7-6-8-13(9-12)17-14(22)10-23-15-18-19-20-21(15)16(3,4)5/h6-9,11H,10H2,1-5H3,(H,17,22). The molecule has 2 aromatic rings. The van der Waals surface area contributed by atoms with Crippen molar-refractivity contribution in [2.24, 2.45) is 0 Å². The zero-order valence-corrected chi connectivity index (χ0v) is 15.0. The first kappa shape index (κ1) is 17.5. The summed E-state index contributed by atoms with van der Waals surface area (Å²) in [4.78, 5) is 12.1. The van der Waals surface area contributed by atoms with Gasteiger partial charge in [-0.15, -0.1) is 5.10 Å². The van der Waals surface area contributed by atoms with Gasteiger partial charge in [-0.1, -0.05) is 37.7 Å². The van der Waals surface area contributed by atoms with E-state index in [1.54, 1.807) is 4.68 Å². The molecule has 0 atom stereocenters. The highest BCUT2D eigenvalue weighted by atomic mass is 32.2. The van der Waals surface area contributed by atoms with Crippen molar-refractivity contribution in [3.63, 3.8) is 0 Å². The first-order chi connectivity index (χ1) is 10.8. The van der Waals surface area contributed by atoms with Gasteiger partial charge < -0.3 is 5.32 Å². The number of amides is 1. The van der Waals surface area contributed by atoms with E-state index >= 15 is 0 Å². The first-order valence-corrected chi connectivity index (χ1v) is 8.57. The highest BCUT2D eigenvalue weighted by molar-refractivity contribution is 7.99. The van der Waals surface area contributed by atoms with E-state index in [9.17, 15) is 4.79 Å². The molecule has 0 saturated heterocycles. The van der Waals surface area contributed by atoms with Gasteiger partial charge in [0.15, 0.2) is 0 Å². The normalized spacial score (nSPS) is 11.7. The molecule has 2 rings (SSSR count). The molecule has 1 aromatic carbocycles. The van der Waals surface area contributed by atoms with Gasteiger partial charge in [-0.25, -0.2) is 4.68 Å². The van der Waals surface area contributed by atoms with Crippen LogP contribution in [0.4, 0.5) is 5.69 Å². The van der Waals surface area contributed by atoms with Crippen LogP contribution >= 0.6 is 11.8 Å². The van der Waals surface area contributed by atoms with Crippen molar-refractivity contribution < 1.29 is 4.79 Å². The van der Waals surface area contributed by atoms with Crippen molar-refractivity contribution in [3.05, 3.63) is 29.8 Å². The Labute approximate surface area is 141 Å². The maximum atomic E-state index is 12.1. The summed E-state index contributed by atoms with van der Waals surface area (Å²) in [6.07, 6.45) is 0. The zero-order chi connectivity index (χ0) is 17.0. The molecule has 0 fully saturated rings. The summed E-state index contributed by atoms with van der Waals surface area (Å²) in [7, 11) is 0. The van der Waals surface area contributed by atoms with Crippen LogP contribution in [0.1, 0.15) is 46.1 Å². The number of anilines is 1. The second-order valence-electron chi connectivity index (χ2n) is 6.66. The SMILES string of the molecule is CC(C)c1cccc(NC(=O)CSc2nnnn2C(C)(C)C)c1. The summed E-state index contributed by atoms with van der Waals surface area (Å²) < 4.78 is 1.73. The van der Waals surface area contributed by atoms with Crippen molar-refractivity contribution in [2.45, 2.75) is 51.2 Å². The molecule has 124 valence electrons. The van der Waals surface area contributed by atoms with E-state index in [2.05, 4.69) is 40.8 Å². The van der Waals surface area contributed by atoms with Crippen LogP contribution < -0.4 is 5.32 Å². The number of rotatable bonds is 5. The van der Waals surface area contributed by atoms with E-state index in [1.807, 2.05) is 39.0 Å². The van der Waals surface area contributed by atoms with Crippen LogP contribution in [-0.4, -0.2) is 31.9 Å². The minimum Gasteiger partial charge on any atom is -0.325 e. The third kappa shape index (κ3) is 4.79. The molecule has 1 amide bonds. The van der Waals surface area contributed by atoms with Gasteiger partial charge in [-0.2, -0.15) is 0 Å². The number of thioether (sulfide) groups is 1. The van der Waals surface area contributed by atoms with Crippen molar-refractivity contribution in [1.29, 1.82) is 0 Å². The van der Waals surface area contributed by atoms with Crippen LogP contribution in [0.3, 0.4) is 0 Å². The van der Waals surface area contributed by atoms with E-state index in [0.29, 0.717) is 11.1 Å². The Bertz CT molecular complexity index is 675. The molecule has 7 heteroatoms. The van der Waals surface area contributed by atoms with Crippen molar-refractivity contribution in [1.82, 2.24) is 20.2 Å². The van der Waals surface area contributed by atoms with Crippen LogP contribution in [-0.2, 0) is 10.3 Å². The van der Waals surface area contributed by atoms with Gasteiger partial charge in [0.1, 0.15) is 0 Å². The Morgan fingerprint density at radius 3 is 2.74 bits per heavy atom. The minimum atomic E-state index is -0.214. The number of tetrazole rings is 1. The number of nitrogens with one attached hydrogen (secondary N) is 1. The van der Waals surface area contributed by atoms with E-state index in [4.69, 9.17) is 0 Å². The number of benzene rings is 1. The Balaban J connectivity index is 1.96. The Kier molecular flexibility index (Phi) is 5.41. The van der Waals surface area contributed by atoms with Gasteiger partial charge in [-0.3, -0.25) is 4.79 Å². The maximum absolute atomic E-state index is 12.1. The Morgan fingerprint density at radius 1 is 1.35 bits per heavy atom. The number of hydrogen-bond donors (Lipinski definition) is 1. The van der Waals surface area contributed by atoms with Gasteiger partial charge in [0, 0.05) is 5.69 Å². The highest BCUT2D eigenvalue weighted by Gasteiger charge is 2.20. The molecule has 6 nitrogen and oxygen atoms in total. The molecule has 0 unspecified atom stereocenters. The van der Waals surface area contributed by atoms with Gasteiger partial charge in [0.05, 0.1) is 11.3 Å². The summed E-state index contributed by atoms with van der Waals surface area (Å²) in [5, 5.41) is 15.2. The van der Waals surface area contributed by atoms with Crippen LogP contribution in [0.5, 0.6) is 0 Å². The number of nitrogens with zero attached hydrogens (tertiary/aromatic N) is 4. The van der Waals surface area contributed by atoms with Gasteiger partial charge >= 0.3 is 0 Å². The van der Waals surface area contributed by atoms with Crippen LogP contribution in [0.25, 0.3) is 0 Å². The molecule has 0 aliphatic carbocycles. The maximum Gasteiger partial charge on any atom is 0.234 e. The predicted octanol–water partition coefficient (Wildman–Crippen LogP) is 3.28. The number of aromatic nitrogens is 4. The molecule has 23 heavy (non-hydrogen) atoms. The smallest absolute Gasteiger partial charge is 0.234 e. The summed E-state index contributed by atoms with van der Waals surface area (Å²) in [6, 6.07) is 7.92. The Hall–Kier alpha value is -1.89. The molecule has 0 aliphatic rings. The second kappa shape index (κ2) is 7.12. The largest absolute Gasteiger partial charge is 0.325 e. The lowest BCUT2D eigenvalue weighted by molar-refractivity contribution is -0.113. The van der Waals surface area contributed by atoms with Crippen LogP contribution in [0, 0.1) is 0 Å². The fourth-order valence-electron chi connectivity index (χ4n) is 1.99. The fourth-order valence-corrected chi connectivity index (χ4v) is 2.85. The molecule has 1 heterocycles. The number of carbonyl (C=O) groups excluding carboxylic acids is 1. The molecule has 1 N–H and O–H groups in total. The summed E-state index contributed by atoms with van der Waals surface area (Å²) in [6.45, 7) is 10.3. The van der Waals surface area contributed by atoms with Crippen LogP contribution in [0.2, 0.25) is 0 Å².